The van der Waals surface area contributed by atoms with Crippen LogP contribution in [0.4, 0.5) is 10.8 Å². The predicted molar refractivity (Wildman–Crippen MR) is 108 cm³/mol. The summed E-state index contributed by atoms with van der Waals surface area (Å²) in [7, 11) is 1.32. The van der Waals surface area contributed by atoms with Crippen LogP contribution in [-0.2, 0) is 0 Å². The van der Waals surface area contributed by atoms with Gasteiger partial charge in [0.2, 0.25) is 10.9 Å². The Kier molecular flexibility index (Phi) is 5.67. The highest BCUT2D eigenvalue weighted by molar-refractivity contribution is 9.10. The van der Waals surface area contributed by atoms with Crippen LogP contribution in [0.5, 0.6) is 11.5 Å². The van der Waals surface area contributed by atoms with E-state index < -0.39 is 16.4 Å². The first-order valence-corrected chi connectivity index (χ1v) is 9.21. The Morgan fingerprint density at radius 3 is 2.78 bits per heavy atom. The van der Waals surface area contributed by atoms with Gasteiger partial charge in [0.25, 0.3) is 0 Å². The lowest BCUT2D eigenvalue weighted by atomic mass is 10.2. The van der Waals surface area contributed by atoms with Crippen LogP contribution < -0.4 is 10.2 Å². The number of nitrogens with zero attached hydrogens (tertiary/aromatic N) is 3. The fourth-order valence-corrected chi connectivity index (χ4v) is 3.16. The van der Waals surface area contributed by atoms with Gasteiger partial charge < -0.3 is 9.84 Å². The number of methoxy groups -OCH3 is 1. The molecular weight excluding hydrogens is 436 g/mol. The number of benzene rings is 2. The van der Waals surface area contributed by atoms with E-state index in [0.29, 0.717) is 10.7 Å². The zero-order chi connectivity index (χ0) is 19.4. The average Bonchev–Trinajstić information content (AvgIpc) is 3.12. The second-order valence-corrected chi connectivity index (χ2v) is 7.04. The number of nitro groups is 1. The van der Waals surface area contributed by atoms with E-state index >= 15 is 0 Å². The van der Waals surface area contributed by atoms with Gasteiger partial charge in [-0.1, -0.05) is 28.1 Å². The minimum absolute atomic E-state index is 0.00239. The number of aromatic hydroxyl groups is 1. The number of thiazole rings is 1. The number of nitrogens with one attached hydrogen (secondary N) is 1. The SMILES string of the molecule is COc1cc(/C=N/Nc2nc(-c3ccc(Br)cc3)cs2)cc([N+](=O)[O-])c1O. The lowest BCUT2D eigenvalue weighted by Gasteiger charge is -2.04. The molecule has 10 heteroatoms. The number of anilines is 1. The van der Waals surface area contributed by atoms with Crippen molar-refractivity contribution in [1.82, 2.24) is 4.98 Å². The molecule has 2 aromatic carbocycles. The van der Waals surface area contributed by atoms with E-state index in [1.165, 1.54) is 36.8 Å². The van der Waals surface area contributed by atoms with Gasteiger partial charge >= 0.3 is 5.69 Å². The van der Waals surface area contributed by atoms with Crippen LogP contribution in [0.2, 0.25) is 0 Å². The molecule has 3 rings (SSSR count). The first-order valence-electron chi connectivity index (χ1n) is 7.54. The Morgan fingerprint density at radius 2 is 2.11 bits per heavy atom. The Hall–Kier alpha value is -2.98. The number of hydrogen-bond acceptors (Lipinski definition) is 8. The fourth-order valence-electron chi connectivity index (χ4n) is 2.22. The summed E-state index contributed by atoms with van der Waals surface area (Å²) >= 11 is 4.77. The van der Waals surface area contributed by atoms with Crippen LogP contribution in [0.1, 0.15) is 5.56 Å². The molecule has 0 atom stereocenters. The van der Waals surface area contributed by atoms with Gasteiger partial charge in [0.15, 0.2) is 5.75 Å². The van der Waals surface area contributed by atoms with Crippen LogP contribution in [0, 0.1) is 10.1 Å². The van der Waals surface area contributed by atoms with Gasteiger partial charge in [-0.2, -0.15) is 5.10 Å². The van der Waals surface area contributed by atoms with Gasteiger partial charge in [-0.05, 0) is 18.2 Å². The van der Waals surface area contributed by atoms with Crippen molar-refractivity contribution in [1.29, 1.82) is 0 Å². The molecule has 1 heterocycles. The highest BCUT2D eigenvalue weighted by Gasteiger charge is 2.19. The molecule has 0 spiro atoms. The first kappa shape index (κ1) is 18.8. The number of ether oxygens (including phenoxy) is 1. The van der Waals surface area contributed by atoms with Gasteiger partial charge in [-0.25, -0.2) is 4.98 Å². The standard InChI is InChI=1S/C17H13BrN4O4S/c1-26-15-7-10(6-14(16(15)23)22(24)25)8-19-21-17-20-13(9-27-17)11-2-4-12(18)5-3-11/h2-9,23H,1H3,(H,20,21)/b19-8+. The number of nitro benzene ring substituents is 1. The summed E-state index contributed by atoms with van der Waals surface area (Å²) in [4.78, 5) is 14.8. The quantitative estimate of drug-likeness (QED) is 0.322. The third-order valence-electron chi connectivity index (χ3n) is 3.51. The predicted octanol–water partition coefficient (Wildman–Crippen LogP) is 4.64. The van der Waals surface area contributed by atoms with Crippen molar-refractivity contribution in [3.8, 4) is 22.8 Å². The van der Waals surface area contributed by atoms with E-state index in [1.807, 2.05) is 29.6 Å². The molecule has 0 amide bonds. The molecule has 138 valence electrons. The molecular formula is C17H13BrN4O4S. The Morgan fingerprint density at radius 1 is 1.37 bits per heavy atom. The third-order valence-corrected chi connectivity index (χ3v) is 4.79. The summed E-state index contributed by atoms with van der Waals surface area (Å²) in [5, 5.41) is 27.3. The maximum atomic E-state index is 11.0. The summed E-state index contributed by atoms with van der Waals surface area (Å²) in [6.07, 6.45) is 1.38. The van der Waals surface area contributed by atoms with Crippen LogP contribution in [0.25, 0.3) is 11.3 Å². The van der Waals surface area contributed by atoms with Gasteiger partial charge in [-0.15, -0.1) is 11.3 Å². The molecule has 2 N–H and O–H groups in total. The molecule has 1 aromatic heterocycles. The largest absolute Gasteiger partial charge is 0.500 e. The first-order chi connectivity index (χ1) is 13.0. The Labute approximate surface area is 166 Å². The van der Waals surface area contributed by atoms with Crippen LogP contribution in [0.3, 0.4) is 0 Å². The fraction of sp³-hybridized carbons (Fsp3) is 0.0588. The number of rotatable bonds is 6. The van der Waals surface area contributed by atoms with E-state index in [0.717, 1.165) is 15.7 Å². The third kappa shape index (κ3) is 4.41. The number of hydrogen-bond donors (Lipinski definition) is 2. The summed E-state index contributed by atoms with van der Waals surface area (Å²) in [6.45, 7) is 0. The average molecular weight is 449 g/mol. The molecule has 0 saturated carbocycles. The molecule has 27 heavy (non-hydrogen) atoms. The van der Waals surface area contributed by atoms with Crippen molar-refractivity contribution < 1.29 is 14.8 Å². The monoisotopic (exact) mass is 448 g/mol. The second kappa shape index (κ2) is 8.14. The van der Waals surface area contributed by atoms with Crippen molar-refractivity contribution >= 4 is 44.3 Å². The molecule has 8 nitrogen and oxygen atoms in total. The van der Waals surface area contributed by atoms with Gasteiger partial charge in [0, 0.05) is 27.0 Å². The lowest BCUT2D eigenvalue weighted by molar-refractivity contribution is -0.386. The highest BCUT2D eigenvalue weighted by atomic mass is 79.9. The molecule has 0 unspecified atom stereocenters. The Balaban J connectivity index is 1.75. The summed E-state index contributed by atoms with van der Waals surface area (Å²) < 4.78 is 5.94. The van der Waals surface area contributed by atoms with E-state index in [4.69, 9.17) is 4.74 Å². The number of hydrazone groups is 1. The molecule has 0 radical (unpaired) electrons. The molecule has 0 aliphatic heterocycles. The van der Waals surface area contributed by atoms with E-state index in [-0.39, 0.29) is 5.75 Å². The van der Waals surface area contributed by atoms with Crippen LogP contribution in [0.15, 0.2) is 51.4 Å². The lowest BCUT2D eigenvalue weighted by Crippen LogP contribution is -1.96. The highest BCUT2D eigenvalue weighted by Crippen LogP contribution is 2.36. The number of phenolic OH excluding ortho intramolecular Hbond substituents is 1. The summed E-state index contributed by atoms with van der Waals surface area (Å²) in [6, 6.07) is 10.4. The topological polar surface area (TPSA) is 110 Å². The summed E-state index contributed by atoms with van der Waals surface area (Å²) in [5.41, 5.74) is 4.52. The molecule has 0 bridgehead atoms. The smallest absolute Gasteiger partial charge is 0.315 e. The van der Waals surface area contributed by atoms with Crippen molar-refractivity contribution in [2.45, 2.75) is 0 Å². The van der Waals surface area contributed by atoms with Crippen LogP contribution >= 0.6 is 27.3 Å². The van der Waals surface area contributed by atoms with Crippen molar-refractivity contribution in [3.63, 3.8) is 0 Å². The van der Waals surface area contributed by atoms with E-state index in [2.05, 4.69) is 31.4 Å². The molecule has 0 fully saturated rings. The minimum atomic E-state index is -0.687. The molecule has 0 aliphatic carbocycles. The summed E-state index contributed by atoms with van der Waals surface area (Å²) in [5.74, 6) is -0.524. The molecule has 0 saturated heterocycles. The second-order valence-electron chi connectivity index (χ2n) is 5.26. The maximum absolute atomic E-state index is 11.0. The van der Waals surface area contributed by atoms with Crippen molar-refractivity contribution in [3.05, 3.63) is 61.9 Å². The minimum Gasteiger partial charge on any atom is -0.500 e. The van der Waals surface area contributed by atoms with Gasteiger partial charge in [-0.3, -0.25) is 15.5 Å². The maximum Gasteiger partial charge on any atom is 0.315 e. The molecule has 3 aromatic rings. The number of halogens is 1. The van der Waals surface area contributed by atoms with Crippen LogP contribution in [-0.4, -0.2) is 28.3 Å². The normalized spacial score (nSPS) is 10.9. The number of phenols is 1. The van der Waals surface area contributed by atoms with Gasteiger partial charge in [0.1, 0.15) is 0 Å². The zero-order valence-corrected chi connectivity index (χ0v) is 16.3. The Bertz CT molecular complexity index is 1000. The van der Waals surface area contributed by atoms with Crippen molar-refractivity contribution in [2.24, 2.45) is 5.10 Å². The van der Waals surface area contributed by atoms with Gasteiger partial charge in [0.05, 0.1) is 23.9 Å². The van der Waals surface area contributed by atoms with E-state index in [9.17, 15) is 15.2 Å². The van der Waals surface area contributed by atoms with Crippen molar-refractivity contribution in [2.75, 3.05) is 12.5 Å². The molecule has 0 aliphatic rings. The van der Waals surface area contributed by atoms with E-state index in [1.54, 1.807) is 0 Å². The zero-order valence-electron chi connectivity index (χ0n) is 13.9. The number of aromatic nitrogens is 1.